The molecule has 1 aromatic heterocycles. The Hall–Kier alpha value is -3.29. The number of benzene rings is 1. The normalized spacial score (nSPS) is 17.9. The number of aromatic nitrogens is 1. The summed E-state index contributed by atoms with van der Waals surface area (Å²) in [4.78, 5) is 29.9. The van der Waals surface area contributed by atoms with Crippen molar-refractivity contribution in [2.45, 2.75) is 19.1 Å². The molecule has 0 saturated carbocycles. The van der Waals surface area contributed by atoms with E-state index in [-0.39, 0.29) is 19.3 Å². The Bertz CT molecular complexity index is 827. The highest BCUT2D eigenvalue weighted by Gasteiger charge is 2.37. The van der Waals surface area contributed by atoms with Crippen molar-refractivity contribution in [3.05, 3.63) is 53.9 Å². The highest BCUT2D eigenvalue weighted by molar-refractivity contribution is 5.87. The van der Waals surface area contributed by atoms with E-state index in [0.717, 1.165) is 11.1 Å². The van der Waals surface area contributed by atoms with Crippen LogP contribution in [0.4, 0.5) is 4.79 Å². The maximum Gasteiger partial charge on any atom is 0.410 e. The largest absolute Gasteiger partial charge is 0.454 e. The molecular weight excluding hydrogens is 338 g/mol. The Morgan fingerprint density at radius 1 is 1.12 bits per heavy atom. The lowest BCUT2D eigenvalue weighted by Crippen LogP contribution is -2.45. The lowest BCUT2D eigenvalue weighted by molar-refractivity contribution is -0.125. The second-order valence-corrected chi connectivity index (χ2v) is 5.98. The van der Waals surface area contributed by atoms with E-state index in [4.69, 9.17) is 14.2 Å². The zero-order valence-electron chi connectivity index (χ0n) is 13.9. The quantitative estimate of drug-likeness (QED) is 0.873. The van der Waals surface area contributed by atoms with Crippen molar-refractivity contribution in [3.8, 4) is 11.5 Å². The summed E-state index contributed by atoms with van der Waals surface area (Å²) in [6, 6.07) is 8.43. The third-order valence-electron chi connectivity index (χ3n) is 4.28. The van der Waals surface area contributed by atoms with Crippen LogP contribution in [-0.2, 0) is 22.6 Å². The van der Waals surface area contributed by atoms with Crippen LogP contribution in [0.5, 0.6) is 11.5 Å². The third kappa shape index (κ3) is 3.26. The number of rotatable bonds is 5. The van der Waals surface area contributed by atoms with Gasteiger partial charge in [-0.05, 0) is 35.4 Å². The van der Waals surface area contributed by atoms with Crippen LogP contribution in [0.2, 0.25) is 0 Å². The molecule has 2 amide bonds. The Morgan fingerprint density at radius 3 is 2.77 bits per heavy atom. The van der Waals surface area contributed by atoms with Gasteiger partial charge in [0, 0.05) is 18.9 Å². The maximum atomic E-state index is 12.5. The van der Waals surface area contributed by atoms with Crippen molar-refractivity contribution in [1.82, 2.24) is 15.2 Å². The number of hydrogen-bond donors (Lipinski definition) is 1. The molecule has 0 spiro atoms. The number of cyclic esters (lactones) is 1. The first-order valence-electron chi connectivity index (χ1n) is 8.19. The highest BCUT2D eigenvalue weighted by Crippen LogP contribution is 2.32. The van der Waals surface area contributed by atoms with Crippen LogP contribution in [0.1, 0.15) is 11.1 Å². The van der Waals surface area contributed by atoms with Crippen molar-refractivity contribution < 1.29 is 23.8 Å². The molecule has 2 aliphatic rings. The Kier molecular flexibility index (Phi) is 4.30. The molecular formula is C18H17N3O5. The lowest BCUT2D eigenvalue weighted by Gasteiger charge is -2.20. The first-order chi connectivity index (χ1) is 12.7. The summed E-state index contributed by atoms with van der Waals surface area (Å²) in [5.41, 5.74) is 1.76. The summed E-state index contributed by atoms with van der Waals surface area (Å²) >= 11 is 0. The van der Waals surface area contributed by atoms with E-state index in [1.54, 1.807) is 24.5 Å². The second kappa shape index (κ2) is 6.91. The number of hydrogen-bond acceptors (Lipinski definition) is 6. The number of carbonyl (C=O) groups is 2. The molecule has 134 valence electrons. The Morgan fingerprint density at radius 2 is 1.92 bits per heavy atom. The van der Waals surface area contributed by atoms with E-state index < -0.39 is 12.1 Å². The lowest BCUT2D eigenvalue weighted by atomic mass is 10.2. The van der Waals surface area contributed by atoms with Crippen LogP contribution in [0, 0.1) is 0 Å². The van der Waals surface area contributed by atoms with Gasteiger partial charge in [-0.2, -0.15) is 0 Å². The van der Waals surface area contributed by atoms with Crippen LogP contribution in [0.3, 0.4) is 0 Å². The van der Waals surface area contributed by atoms with Gasteiger partial charge in [0.2, 0.25) is 12.7 Å². The average Bonchev–Trinajstić information content (AvgIpc) is 3.27. The van der Waals surface area contributed by atoms with Crippen LogP contribution in [0.25, 0.3) is 0 Å². The topological polar surface area (TPSA) is 90.0 Å². The SMILES string of the molecule is O=C(NCc1ccc2c(c1)OCO2)[C@@H]1COC(=O)N1Cc1ccncc1. The minimum Gasteiger partial charge on any atom is -0.454 e. The van der Waals surface area contributed by atoms with Crippen LogP contribution in [-0.4, -0.2) is 41.3 Å². The van der Waals surface area contributed by atoms with Crippen molar-refractivity contribution in [2.75, 3.05) is 13.4 Å². The Labute approximate surface area is 149 Å². The number of nitrogens with zero attached hydrogens (tertiary/aromatic N) is 2. The summed E-state index contributed by atoms with van der Waals surface area (Å²) in [6.45, 7) is 0.861. The fraction of sp³-hybridized carbons (Fsp3) is 0.278. The highest BCUT2D eigenvalue weighted by atomic mass is 16.7. The number of nitrogens with one attached hydrogen (secondary N) is 1. The fourth-order valence-electron chi connectivity index (χ4n) is 2.89. The number of amides is 2. The molecule has 8 heteroatoms. The number of pyridine rings is 1. The summed E-state index contributed by atoms with van der Waals surface area (Å²) in [6.07, 6.45) is 2.79. The van der Waals surface area contributed by atoms with E-state index in [1.165, 1.54) is 4.90 Å². The van der Waals surface area contributed by atoms with Gasteiger partial charge in [0.15, 0.2) is 11.5 Å². The first kappa shape index (κ1) is 16.2. The minimum atomic E-state index is -0.662. The van der Waals surface area contributed by atoms with Crippen molar-refractivity contribution in [3.63, 3.8) is 0 Å². The molecule has 1 fully saturated rings. The molecule has 8 nitrogen and oxygen atoms in total. The molecule has 1 N–H and O–H groups in total. The molecule has 3 heterocycles. The van der Waals surface area contributed by atoms with Crippen molar-refractivity contribution in [2.24, 2.45) is 0 Å². The minimum absolute atomic E-state index is 0.0386. The predicted molar refractivity (Wildman–Crippen MR) is 89.3 cm³/mol. The van der Waals surface area contributed by atoms with E-state index in [2.05, 4.69) is 10.3 Å². The molecule has 0 bridgehead atoms. The van der Waals surface area contributed by atoms with Gasteiger partial charge in [0.05, 0.1) is 6.54 Å². The van der Waals surface area contributed by atoms with E-state index in [0.29, 0.717) is 24.6 Å². The summed E-state index contributed by atoms with van der Waals surface area (Å²) in [5, 5.41) is 2.85. The zero-order chi connectivity index (χ0) is 17.9. The van der Waals surface area contributed by atoms with Gasteiger partial charge in [0.25, 0.3) is 0 Å². The molecule has 2 aromatic rings. The molecule has 26 heavy (non-hydrogen) atoms. The first-order valence-corrected chi connectivity index (χ1v) is 8.19. The predicted octanol–water partition coefficient (Wildman–Crippen LogP) is 1.45. The van der Waals surface area contributed by atoms with E-state index in [9.17, 15) is 9.59 Å². The van der Waals surface area contributed by atoms with Crippen LogP contribution >= 0.6 is 0 Å². The number of ether oxygens (including phenoxy) is 3. The summed E-state index contributed by atoms with van der Waals surface area (Å²) in [5.74, 6) is 1.09. The van der Waals surface area contributed by atoms with E-state index >= 15 is 0 Å². The molecule has 0 radical (unpaired) electrons. The monoisotopic (exact) mass is 355 g/mol. The van der Waals surface area contributed by atoms with Gasteiger partial charge in [-0.15, -0.1) is 0 Å². The molecule has 1 atom stereocenters. The van der Waals surface area contributed by atoms with Gasteiger partial charge >= 0.3 is 6.09 Å². The van der Waals surface area contributed by atoms with Gasteiger partial charge in [0.1, 0.15) is 12.6 Å². The van der Waals surface area contributed by atoms with Gasteiger partial charge in [-0.25, -0.2) is 4.79 Å². The van der Waals surface area contributed by atoms with Crippen LogP contribution in [0.15, 0.2) is 42.7 Å². The van der Waals surface area contributed by atoms with Gasteiger partial charge < -0.3 is 19.5 Å². The molecule has 0 aliphatic carbocycles. The van der Waals surface area contributed by atoms with Gasteiger partial charge in [-0.1, -0.05) is 6.07 Å². The molecule has 1 aromatic carbocycles. The summed E-state index contributed by atoms with van der Waals surface area (Å²) in [7, 11) is 0. The standard InChI is InChI=1S/C18H17N3O5/c22-17(20-8-13-1-2-15-16(7-13)26-11-25-15)14-10-24-18(23)21(14)9-12-3-5-19-6-4-12/h1-7,14H,8-11H2,(H,20,22)/t14-/m0/s1. The Balaban J connectivity index is 1.39. The smallest absolute Gasteiger partial charge is 0.410 e. The molecule has 2 aliphatic heterocycles. The van der Waals surface area contributed by atoms with Crippen molar-refractivity contribution >= 4 is 12.0 Å². The number of carbonyl (C=O) groups excluding carboxylic acids is 2. The fourth-order valence-corrected chi connectivity index (χ4v) is 2.89. The van der Waals surface area contributed by atoms with Crippen molar-refractivity contribution in [1.29, 1.82) is 0 Å². The zero-order valence-corrected chi connectivity index (χ0v) is 13.9. The number of fused-ring (bicyclic) bond motifs is 1. The molecule has 4 rings (SSSR count). The third-order valence-corrected chi connectivity index (χ3v) is 4.28. The second-order valence-electron chi connectivity index (χ2n) is 5.98. The average molecular weight is 355 g/mol. The van der Waals surface area contributed by atoms with Gasteiger partial charge in [-0.3, -0.25) is 14.7 Å². The van der Waals surface area contributed by atoms with E-state index in [1.807, 2.05) is 18.2 Å². The van der Waals surface area contributed by atoms with Crippen LogP contribution < -0.4 is 14.8 Å². The molecule has 0 unspecified atom stereocenters. The molecule has 1 saturated heterocycles. The summed E-state index contributed by atoms with van der Waals surface area (Å²) < 4.78 is 15.7. The maximum absolute atomic E-state index is 12.5.